The van der Waals surface area contributed by atoms with E-state index in [1.807, 2.05) is 24.3 Å². The largest absolute Gasteiger partial charge is 0.497 e. The lowest BCUT2D eigenvalue weighted by Crippen LogP contribution is -2.35. The molecular weight excluding hydrogens is 280 g/mol. The molecule has 118 valence electrons. The Balaban J connectivity index is 1.64. The van der Waals surface area contributed by atoms with Crippen molar-refractivity contribution in [1.82, 2.24) is 4.90 Å². The average Bonchev–Trinajstić information content (AvgIpc) is 2.77. The number of amides is 2. The number of carbonyl (C=O) groups is 2. The van der Waals surface area contributed by atoms with Crippen LogP contribution in [-0.4, -0.2) is 30.5 Å². The number of carbonyl (C=O) groups excluding carboxylic acids is 2. The molecule has 1 aliphatic heterocycles. The number of methoxy groups -OCH3 is 1. The van der Waals surface area contributed by atoms with Crippen molar-refractivity contribution in [2.75, 3.05) is 19.1 Å². The highest BCUT2D eigenvalue weighted by molar-refractivity contribution is 6.05. The van der Waals surface area contributed by atoms with Gasteiger partial charge in [-0.1, -0.05) is 6.92 Å². The van der Waals surface area contributed by atoms with Crippen LogP contribution in [0.4, 0.5) is 5.69 Å². The van der Waals surface area contributed by atoms with E-state index in [0.29, 0.717) is 5.92 Å². The van der Waals surface area contributed by atoms with E-state index in [1.54, 1.807) is 7.11 Å². The molecule has 1 aliphatic carbocycles. The lowest BCUT2D eigenvalue weighted by atomic mass is 9.76. The third-order valence-corrected chi connectivity index (χ3v) is 4.81. The summed E-state index contributed by atoms with van der Waals surface area (Å²) in [5.41, 5.74) is 0.865. The number of hydrogen-bond acceptors (Lipinski definition) is 4. The Bertz CT molecular complexity index is 570. The molecule has 0 unspecified atom stereocenters. The van der Waals surface area contributed by atoms with Crippen LogP contribution in [-0.2, 0) is 9.59 Å². The van der Waals surface area contributed by atoms with Gasteiger partial charge >= 0.3 is 0 Å². The molecule has 0 aromatic heterocycles. The molecule has 2 aliphatic rings. The van der Waals surface area contributed by atoms with Crippen LogP contribution < -0.4 is 10.1 Å². The third kappa shape index (κ3) is 2.67. The number of ether oxygens (including phenoxy) is 1. The molecule has 1 heterocycles. The van der Waals surface area contributed by atoms with Crippen LogP contribution in [0, 0.1) is 17.8 Å². The Morgan fingerprint density at radius 3 is 2.50 bits per heavy atom. The molecule has 3 atom stereocenters. The number of nitrogens with one attached hydrogen (secondary N) is 1. The van der Waals surface area contributed by atoms with Gasteiger partial charge in [-0.3, -0.25) is 14.5 Å². The summed E-state index contributed by atoms with van der Waals surface area (Å²) in [5.74, 6) is 1.09. The van der Waals surface area contributed by atoms with E-state index >= 15 is 0 Å². The molecule has 1 aromatic carbocycles. The van der Waals surface area contributed by atoms with Gasteiger partial charge in [0.25, 0.3) is 0 Å². The van der Waals surface area contributed by atoms with Crippen molar-refractivity contribution in [3.8, 4) is 5.75 Å². The van der Waals surface area contributed by atoms with E-state index in [-0.39, 0.29) is 30.3 Å². The number of fused-ring (bicyclic) bond motifs is 1. The average molecular weight is 302 g/mol. The molecule has 1 saturated carbocycles. The first-order chi connectivity index (χ1) is 10.6. The van der Waals surface area contributed by atoms with Crippen LogP contribution in [0.2, 0.25) is 0 Å². The maximum absolute atomic E-state index is 12.5. The van der Waals surface area contributed by atoms with Gasteiger partial charge in [0.05, 0.1) is 25.6 Å². The SMILES string of the molecule is COc1ccc(NCN2C(=O)[C@H]3C[C@@H](C)CC[C@H]3C2=O)cc1. The summed E-state index contributed by atoms with van der Waals surface area (Å²) in [6, 6.07) is 7.44. The molecule has 1 saturated heterocycles. The van der Waals surface area contributed by atoms with Crippen molar-refractivity contribution in [2.24, 2.45) is 17.8 Å². The smallest absolute Gasteiger partial charge is 0.234 e. The number of anilines is 1. The van der Waals surface area contributed by atoms with E-state index in [0.717, 1.165) is 30.7 Å². The molecule has 0 radical (unpaired) electrons. The minimum atomic E-state index is -0.103. The van der Waals surface area contributed by atoms with Crippen molar-refractivity contribution < 1.29 is 14.3 Å². The molecule has 2 fully saturated rings. The summed E-state index contributed by atoms with van der Waals surface area (Å²) in [4.78, 5) is 26.3. The maximum Gasteiger partial charge on any atom is 0.234 e. The molecule has 0 bridgehead atoms. The number of hydrogen-bond donors (Lipinski definition) is 1. The van der Waals surface area contributed by atoms with Crippen LogP contribution in [0.15, 0.2) is 24.3 Å². The zero-order valence-corrected chi connectivity index (χ0v) is 13.0. The minimum absolute atomic E-state index is 0.0112. The second-order valence-corrected chi connectivity index (χ2v) is 6.30. The maximum atomic E-state index is 12.5. The Morgan fingerprint density at radius 2 is 1.82 bits per heavy atom. The van der Waals surface area contributed by atoms with Gasteiger partial charge in [0.2, 0.25) is 11.8 Å². The Hall–Kier alpha value is -2.04. The van der Waals surface area contributed by atoms with Crippen LogP contribution >= 0.6 is 0 Å². The van der Waals surface area contributed by atoms with Crippen LogP contribution in [0.1, 0.15) is 26.2 Å². The lowest BCUT2D eigenvalue weighted by molar-refractivity contribution is -0.139. The Kier molecular flexibility index (Phi) is 4.05. The monoisotopic (exact) mass is 302 g/mol. The van der Waals surface area contributed by atoms with Crippen molar-refractivity contribution in [2.45, 2.75) is 26.2 Å². The van der Waals surface area contributed by atoms with Crippen molar-refractivity contribution in [1.29, 1.82) is 0 Å². The number of rotatable bonds is 4. The molecule has 5 heteroatoms. The molecule has 1 N–H and O–H groups in total. The van der Waals surface area contributed by atoms with E-state index in [1.165, 1.54) is 4.90 Å². The summed E-state index contributed by atoms with van der Waals surface area (Å²) in [5, 5.41) is 3.15. The number of imide groups is 1. The van der Waals surface area contributed by atoms with Crippen molar-refractivity contribution >= 4 is 17.5 Å². The number of likely N-dealkylation sites (tertiary alicyclic amines) is 1. The molecule has 5 nitrogen and oxygen atoms in total. The summed E-state index contributed by atoms with van der Waals surface area (Å²) >= 11 is 0. The standard InChI is InChI=1S/C17H22N2O3/c1-11-3-8-14-15(9-11)17(21)19(16(14)20)10-18-12-4-6-13(22-2)7-5-12/h4-7,11,14-15,18H,3,8-10H2,1-2H3/t11-,14+,15-/m0/s1. The molecule has 3 rings (SSSR count). The lowest BCUT2D eigenvalue weighted by Gasteiger charge is -2.25. The predicted molar refractivity (Wildman–Crippen MR) is 83.3 cm³/mol. The van der Waals surface area contributed by atoms with Gasteiger partial charge < -0.3 is 10.1 Å². The fourth-order valence-corrected chi connectivity index (χ4v) is 3.49. The normalized spacial score (nSPS) is 27.7. The number of benzene rings is 1. The molecule has 1 aromatic rings. The fourth-order valence-electron chi connectivity index (χ4n) is 3.49. The summed E-state index contributed by atoms with van der Waals surface area (Å²) < 4.78 is 5.11. The summed E-state index contributed by atoms with van der Waals surface area (Å²) in [6.07, 6.45) is 2.73. The molecule has 0 spiro atoms. The Morgan fingerprint density at radius 1 is 1.14 bits per heavy atom. The zero-order chi connectivity index (χ0) is 15.7. The summed E-state index contributed by atoms with van der Waals surface area (Å²) in [6.45, 7) is 2.40. The highest BCUT2D eigenvalue weighted by Crippen LogP contribution is 2.40. The van der Waals surface area contributed by atoms with Gasteiger partial charge in [-0.05, 0) is 49.4 Å². The highest BCUT2D eigenvalue weighted by atomic mass is 16.5. The van der Waals surface area contributed by atoms with E-state index in [9.17, 15) is 9.59 Å². The van der Waals surface area contributed by atoms with Crippen molar-refractivity contribution in [3.05, 3.63) is 24.3 Å². The molecular formula is C17H22N2O3. The number of nitrogens with zero attached hydrogens (tertiary/aromatic N) is 1. The van der Waals surface area contributed by atoms with Gasteiger partial charge in [0.15, 0.2) is 0 Å². The first kappa shape index (κ1) is 14.9. The predicted octanol–water partition coefficient (Wildman–Crippen LogP) is 2.49. The van der Waals surface area contributed by atoms with Gasteiger partial charge in [0.1, 0.15) is 5.75 Å². The third-order valence-electron chi connectivity index (χ3n) is 4.81. The zero-order valence-electron chi connectivity index (χ0n) is 13.0. The van der Waals surface area contributed by atoms with Gasteiger partial charge in [0, 0.05) is 5.69 Å². The highest BCUT2D eigenvalue weighted by Gasteiger charge is 2.49. The second-order valence-electron chi connectivity index (χ2n) is 6.30. The van der Waals surface area contributed by atoms with Crippen LogP contribution in [0.3, 0.4) is 0 Å². The van der Waals surface area contributed by atoms with Crippen LogP contribution in [0.25, 0.3) is 0 Å². The molecule has 2 amide bonds. The van der Waals surface area contributed by atoms with E-state index < -0.39 is 0 Å². The van der Waals surface area contributed by atoms with Gasteiger partial charge in [-0.15, -0.1) is 0 Å². The van der Waals surface area contributed by atoms with Crippen LogP contribution in [0.5, 0.6) is 5.75 Å². The van der Waals surface area contributed by atoms with E-state index in [4.69, 9.17) is 4.74 Å². The Labute approximate surface area is 130 Å². The van der Waals surface area contributed by atoms with Gasteiger partial charge in [-0.2, -0.15) is 0 Å². The molecule has 22 heavy (non-hydrogen) atoms. The first-order valence-electron chi connectivity index (χ1n) is 7.83. The quantitative estimate of drug-likeness (QED) is 0.868. The topological polar surface area (TPSA) is 58.6 Å². The van der Waals surface area contributed by atoms with Gasteiger partial charge in [-0.25, -0.2) is 0 Å². The second kappa shape index (κ2) is 5.99. The van der Waals surface area contributed by atoms with Crippen molar-refractivity contribution in [3.63, 3.8) is 0 Å². The minimum Gasteiger partial charge on any atom is -0.497 e. The van der Waals surface area contributed by atoms with E-state index in [2.05, 4.69) is 12.2 Å². The first-order valence-corrected chi connectivity index (χ1v) is 7.83. The summed E-state index contributed by atoms with van der Waals surface area (Å²) in [7, 11) is 1.62. The fraction of sp³-hybridized carbons (Fsp3) is 0.529.